The topological polar surface area (TPSA) is 32.3 Å². The molecule has 0 unspecified atom stereocenters. The van der Waals surface area contributed by atoms with Crippen LogP contribution in [0, 0.1) is 6.92 Å². The summed E-state index contributed by atoms with van der Waals surface area (Å²) in [7, 11) is 2.05. The third-order valence-corrected chi connectivity index (χ3v) is 5.29. The monoisotopic (exact) mass is 416 g/mol. The molecule has 0 spiro atoms. The van der Waals surface area contributed by atoms with Crippen LogP contribution in [0.5, 0.6) is 0 Å². The first-order valence-electron chi connectivity index (χ1n) is 7.43. The van der Waals surface area contributed by atoms with Gasteiger partial charge in [0.25, 0.3) is 0 Å². The van der Waals surface area contributed by atoms with Gasteiger partial charge in [-0.25, -0.2) is 0 Å². The molecule has 0 aliphatic heterocycles. The number of hydrogen-bond acceptors (Lipinski definition) is 2. The van der Waals surface area contributed by atoms with E-state index in [0.29, 0.717) is 12.6 Å². The Bertz CT molecular complexity index is 490. The number of hydrogen-bond donors (Lipinski definition) is 1. The number of carbonyl (C=O) groups is 1. The fourth-order valence-electron chi connectivity index (χ4n) is 2.88. The van der Waals surface area contributed by atoms with Gasteiger partial charge in [0.1, 0.15) is 0 Å². The molecular formula is C16H22Br2N2O. The zero-order valence-electron chi connectivity index (χ0n) is 12.6. The molecule has 1 amide bonds. The Kier molecular flexibility index (Phi) is 6.26. The Morgan fingerprint density at radius 2 is 1.81 bits per heavy atom. The van der Waals surface area contributed by atoms with Crippen molar-refractivity contribution in [2.24, 2.45) is 0 Å². The quantitative estimate of drug-likeness (QED) is 0.768. The first kappa shape index (κ1) is 17.0. The van der Waals surface area contributed by atoms with E-state index in [-0.39, 0.29) is 5.91 Å². The maximum atomic E-state index is 12.3. The molecule has 0 bridgehead atoms. The van der Waals surface area contributed by atoms with Crippen LogP contribution in [0.25, 0.3) is 0 Å². The van der Waals surface area contributed by atoms with Crippen molar-refractivity contribution in [1.82, 2.24) is 4.90 Å². The molecule has 5 heteroatoms. The molecule has 1 aliphatic rings. The van der Waals surface area contributed by atoms with Crippen molar-refractivity contribution in [1.29, 1.82) is 0 Å². The second-order valence-corrected chi connectivity index (χ2v) is 7.57. The summed E-state index contributed by atoms with van der Waals surface area (Å²) in [6, 6.07) is 4.56. The number of nitrogens with one attached hydrogen (secondary N) is 1. The third-order valence-electron chi connectivity index (χ3n) is 4.04. The Labute approximate surface area is 143 Å². The predicted molar refractivity (Wildman–Crippen MR) is 94.7 cm³/mol. The lowest BCUT2D eigenvalue weighted by Crippen LogP contribution is -2.39. The van der Waals surface area contributed by atoms with Crippen LogP contribution >= 0.6 is 31.9 Å². The molecule has 1 aliphatic carbocycles. The third kappa shape index (κ3) is 4.80. The van der Waals surface area contributed by atoms with Crippen LogP contribution in [-0.2, 0) is 4.79 Å². The van der Waals surface area contributed by atoms with Crippen LogP contribution in [0.2, 0.25) is 0 Å². The summed E-state index contributed by atoms with van der Waals surface area (Å²) in [4.78, 5) is 14.4. The zero-order valence-corrected chi connectivity index (χ0v) is 15.8. The predicted octanol–water partition coefficient (Wildman–Crippen LogP) is 4.72. The molecule has 116 valence electrons. The second kappa shape index (κ2) is 7.75. The van der Waals surface area contributed by atoms with Crippen molar-refractivity contribution in [2.75, 3.05) is 18.9 Å². The fraction of sp³-hybridized carbons (Fsp3) is 0.562. The summed E-state index contributed by atoms with van der Waals surface area (Å²) in [5.74, 6) is 0.0355. The Morgan fingerprint density at radius 3 is 2.38 bits per heavy atom. The van der Waals surface area contributed by atoms with Gasteiger partial charge in [-0.3, -0.25) is 9.69 Å². The molecule has 1 fully saturated rings. The number of carbonyl (C=O) groups excluding carboxylic acids is 1. The lowest BCUT2D eigenvalue weighted by atomic mass is 9.94. The standard InChI is InChI=1S/C16H22Br2N2O/c1-11-8-13(17)16(14(18)9-11)19-15(21)10-20(2)12-6-4-3-5-7-12/h8-9,12H,3-7,10H2,1-2H3,(H,19,21). The van der Waals surface area contributed by atoms with Crippen LogP contribution in [-0.4, -0.2) is 30.4 Å². The highest BCUT2D eigenvalue weighted by Crippen LogP contribution is 2.32. The number of halogens is 2. The Hall–Kier alpha value is -0.390. The molecule has 1 aromatic carbocycles. The van der Waals surface area contributed by atoms with Crippen molar-refractivity contribution >= 4 is 43.5 Å². The molecule has 0 saturated heterocycles. The minimum absolute atomic E-state index is 0.0355. The summed E-state index contributed by atoms with van der Waals surface area (Å²) in [5.41, 5.74) is 1.95. The van der Waals surface area contributed by atoms with E-state index in [1.54, 1.807) is 0 Å². The molecular weight excluding hydrogens is 396 g/mol. The first-order chi connectivity index (χ1) is 9.97. The van der Waals surface area contributed by atoms with E-state index in [1.165, 1.54) is 32.1 Å². The van der Waals surface area contributed by atoms with Gasteiger partial charge in [0, 0.05) is 15.0 Å². The van der Waals surface area contributed by atoms with Gasteiger partial charge in [-0.05, 0) is 76.4 Å². The number of nitrogens with zero attached hydrogens (tertiary/aromatic N) is 1. The molecule has 1 saturated carbocycles. The van der Waals surface area contributed by atoms with Gasteiger partial charge in [-0.2, -0.15) is 0 Å². The Morgan fingerprint density at radius 1 is 1.24 bits per heavy atom. The van der Waals surface area contributed by atoms with Crippen LogP contribution in [0.4, 0.5) is 5.69 Å². The van der Waals surface area contributed by atoms with Crippen LogP contribution < -0.4 is 5.32 Å². The normalized spacial score (nSPS) is 16.2. The number of likely N-dealkylation sites (N-methyl/N-ethyl adjacent to an activating group) is 1. The van der Waals surface area contributed by atoms with E-state index < -0.39 is 0 Å². The van der Waals surface area contributed by atoms with E-state index in [4.69, 9.17) is 0 Å². The lowest BCUT2D eigenvalue weighted by molar-refractivity contribution is -0.117. The fourth-order valence-corrected chi connectivity index (χ4v) is 4.49. The number of rotatable bonds is 4. The van der Waals surface area contributed by atoms with Crippen molar-refractivity contribution < 1.29 is 4.79 Å². The average molecular weight is 418 g/mol. The summed E-state index contributed by atoms with van der Waals surface area (Å²) < 4.78 is 1.81. The number of aryl methyl sites for hydroxylation is 1. The van der Waals surface area contributed by atoms with E-state index in [9.17, 15) is 4.79 Å². The highest BCUT2D eigenvalue weighted by molar-refractivity contribution is 9.11. The maximum Gasteiger partial charge on any atom is 0.238 e. The highest BCUT2D eigenvalue weighted by atomic mass is 79.9. The first-order valence-corrected chi connectivity index (χ1v) is 9.01. The van der Waals surface area contributed by atoms with E-state index >= 15 is 0 Å². The van der Waals surface area contributed by atoms with Gasteiger partial charge in [-0.1, -0.05) is 19.3 Å². The highest BCUT2D eigenvalue weighted by Gasteiger charge is 2.20. The lowest BCUT2D eigenvalue weighted by Gasteiger charge is -2.30. The van der Waals surface area contributed by atoms with Crippen molar-refractivity contribution in [3.8, 4) is 0 Å². The second-order valence-electron chi connectivity index (χ2n) is 5.86. The summed E-state index contributed by atoms with van der Waals surface area (Å²) in [5, 5.41) is 3.00. The summed E-state index contributed by atoms with van der Waals surface area (Å²) >= 11 is 7.02. The van der Waals surface area contributed by atoms with Crippen molar-refractivity contribution in [3.05, 3.63) is 26.6 Å². The van der Waals surface area contributed by atoms with Crippen LogP contribution in [0.15, 0.2) is 21.1 Å². The van der Waals surface area contributed by atoms with Crippen molar-refractivity contribution in [2.45, 2.75) is 45.1 Å². The molecule has 1 N–H and O–H groups in total. The number of amides is 1. The molecule has 3 nitrogen and oxygen atoms in total. The van der Waals surface area contributed by atoms with Crippen LogP contribution in [0.3, 0.4) is 0 Å². The van der Waals surface area contributed by atoms with Gasteiger partial charge >= 0.3 is 0 Å². The average Bonchev–Trinajstić information content (AvgIpc) is 2.43. The molecule has 1 aromatic rings. The molecule has 2 rings (SSSR count). The Balaban J connectivity index is 1.95. The van der Waals surface area contributed by atoms with Gasteiger partial charge in [0.2, 0.25) is 5.91 Å². The largest absolute Gasteiger partial charge is 0.323 e. The minimum Gasteiger partial charge on any atom is -0.323 e. The van der Waals surface area contributed by atoms with E-state index in [0.717, 1.165) is 20.2 Å². The summed E-state index contributed by atoms with van der Waals surface area (Å²) in [6.07, 6.45) is 6.32. The molecule has 0 atom stereocenters. The summed E-state index contributed by atoms with van der Waals surface area (Å²) in [6.45, 7) is 2.47. The van der Waals surface area contributed by atoms with Crippen molar-refractivity contribution in [3.63, 3.8) is 0 Å². The minimum atomic E-state index is 0.0355. The van der Waals surface area contributed by atoms with Crippen LogP contribution in [0.1, 0.15) is 37.7 Å². The SMILES string of the molecule is Cc1cc(Br)c(NC(=O)CN(C)C2CCCCC2)c(Br)c1. The van der Waals surface area contributed by atoms with E-state index in [1.807, 2.05) is 19.1 Å². The van der Waals surface area contributed by atoms with Gasteiger partial charge in [0.05, 0.1) is 12.2 Å². The zero-order chi connectivity index (χ0) is 15.4. The maximum absolute atomic E-state index is 12.3. The molecule has 0 aromatic heterocycles. The van der Waals surface area contributed by atoms with Gasteiger partial charge < -0.3 is 5.32 Å². The van der Waals surface area contributed by atoms with E-state index in [2.05, 4.69) is 49.1 Å². The number of benzene rings is 1. The van der Waals surface area contributed by atoms with Gasteiger partial charge in [0.15, 0.2) is 0 Å². The van der Waals surface area contributed by atoms with Gasteiger partial charge in [-0.15, -0.1) is 0 Å². The smallest absolute Gasteiger partial charge is 0.238 e. The number of anilines is 1. The molecule has 21 heavy (non-hydrogen) atoms. The molecule has 0 radical (unpaired) electrons. The molecule has 0 heterocycles.